The van der Waals surface area contributed by atoms with Crippen LogP contribution >= 0.6 is 0 Å². The smallest absolute Gasteiger partial charge is 0.256 e. The van der Waals surface area contributed by atoms with Crippen LogP contribution in [0.2, 0.25) is 0 Å². The predicted octanol–water partition coefficient (Wildman–Crippen LogP) is -1.32. The van der Waals surface area contributed by atoms with Crippen LogP contribution in [0.4, 0.5) is 5.95 Å². The van der Waals surface area contributed by atoms with Crippen LogP contribution in [-0.2, 0) is 0 Å². The molecule has 0 bridgehead atoms. The Hall–Kier alpha value is -0.598. The summed E-state index contributed by atoms with van der Waals surface area (Å²) < 4.78 is 0. The van der Waals surface area contributed by atoms with Gasteiger partial charge in [0, 0.05) is 27.3 Å². The molecule has 0 aliphatic heterocycles. The fourth-order valence-corrected chi connectivity index (χ4v) is 0.463. The number of aromatic amines is 1. The molecule has 10 heavy (non-hydrogen) atoms. The van der Waals surface area contributed by atoms with E-state index in [4.69, 9.17) is 10.8 Å². The van der Waals surface area contributed by atoms with Crippen molar-refractivity contribution in [3.05, 3.63) is 16.4 Å². The monoisotopic (exact) mass is 335 g/mol. The Labute approximate surface area is 76.4 Å². The summed E-state index contributed by atoms with van der Waals surface area (Å²) in [4.78, 5) is 15.8. The van der Waals surface area contributed by atoms with Gasteiger partial charge in [-0.1, -0.05) is 0 Å². The third kappa shape index (κ3) is 2.33. The van der Waals surface area contributed by atoms with Crippen LogP contribution < -0.4 is 11.3 Å². The van der Waals surface area contributed by atoms with Gasteiger partial charge in [-0.15, -0.1) is 0 Å². The molecule has 0 amide bonds. The van der Waals surface area contributed by atoms with Gasteiger partial charge in [-0.2, -0.15) is 4.98 Å². The maximum Gasteiger partial charge on any atom is 0.256 e. The molecule has 1 heterocycles. The molecule has 0 aliphatic rings. The van der Waals surface area contributed by atoms with Crippen molar-refractivity contribution in [3.8, 4) is 5.88 Å². The number of nitrogens with two attached hydrogens (primary N) is 1. The molecule has 0 unspecified atom stereocenters. The summed E-state index contributed by atoms with van der Waals surface area (Å²) in [7, 11) is 0. The minimum absolute atomic E-state index is 0. The molecule has 0 aliphatic carbocycles. The quantitative estimate of drug-likeness (QED) is 0.513. The van der Waals surface area contributed by atoms with Crippen LogP contribution in [0.1, 0.15) is 0 Å². The van der Waals surface area contributed by atoms with E-state index < -0.39 is 5.56 Å². The zero-order valence-corrected chi connectivity index (χ0v) is 8.84. The molecular formula is C4H5N3O2Pb. The Bertz CT molecular complexity index is 248. The summed E-state index contributed by atoms with van der Waals surface area (Å²) >= 11 is 0. The zero-order chi connectivity index (χ0) is 6.85. The number of hydrogen-bond acceptors (Lipinski definition) is 4. The minimum atomic E-state index is -0.458. The number of aromatic nitrogens is 2. The van der Waals surface area contributed by atoms with Gasteiger partial charge in [-0.05, 0) is 0 Å². The van der Waals surface area contributed by atoms with Gasteiger partial charge in [-0.3, -0.25) is 9.78 Å². The molecule has 0 saturated carbocycles. The Morgan fingerprint density at radius 3 is 2.70 bits per heavy atom. The molecule has 52 valence electrons. The predicted molar refractivity (Wildman–Crippen MR) is 36.7 cm³/mol. The zero-order valence-electron chi connectivity index (χ0n) is 4.96. The first kappa shape index (κ1) is 9.40. The second kappa shape index (κ2) is 3.54. The van der Waals surface area contributed by atoms with Gasteiger partial charge in [-0.25, -0.2) is 0 Å². The topological polar surface area (TPSA) is 92.0 Å². The Kier molecular flexibility index (Phi) is 3.33. The van der Waals surface area contributed by atoms with Crippen molar-refractivity contribution >= 4 is 33.2 Å². The first-order valence-electron chi connectivity index (χ1n) is 2.24. The molecule has 0 fully saturated rings. The van der Waals surface area contributed by atoms with Gasteiger partial charge in [0.25, 0.3) is 5.56 Å². The van der Waals surface area contributed by atoms with E-state index in [0.717, 1.165) is 6.07 Å². The maximum atomic E-state index is 10.4. The summed E-state index contributed by atoms with van der Waals surface area (Å²) in [6.07, 6.45) is 0. The van der Waals surface area contributed by atoms with Crippen LogP contribution in [0.5, 0.6) is 5.88 Å². The third-order valence-corrected chi connectivity index (χ3v) is 0.746. The number of anilines is 1. The number of aromatic hydroxyl groups is 1. The van der Waals surface area contributed by atoms with E-state index in [2.05, 4.69) is 9.97 Å². The summed E-state index contributed by atoms with van der Waals surface area (Å²) in [6, 6.07) is 0.941. The van der Waals surface area contributed by atoms with Gasteiger partial charge in [0.05, 0.1) is 6.07 Å². The molecule has 5 nitrogen and oxygen atoms in total. The maximum absolute atomic E-state index is 10.4. The second-order valence-electron chi connectivity index (χ2n) is 1.49. The number of nitrogens with zero attached hydrogens (tertiary/aromatic N) is 1. The first-order chi connectivity index (χ1) is 4.18. The number of H-pyrrole nitrogens is 1. The average molecular weight is 334 g/mol. The summed E-state index contributed by atoms with van der Waals surface area (Å²) in [5.41, 5.74) is 4.57. The van der Waals surface area contributed by atoms with Gasteiger partial charge >= 0.3 is 0 Å². The molecule has 1 aromatic rings. The third-order valence-electron chi connectivity index (χ3n) is 0.746. The minimum Gasteiger partial charge on any atom is -0.493 e. The number of nitrogen functional groups attached to an aromatic ring is 1. The van der Waals surface area contributed by atoms with E-state index in [-0.39, 0.29) is 39.1 Å². The normalized spacial score (nSPS) is 8.40. The number of rotatable bonds is 0. The van der Waals surface area contributed by atoms with Gasteiger partial charge < -0.3 is 10.8 Å². The van der Waals surface area contributed by atoms with E-state index in [1.165, 1.54) is 0 Å². The molecule has 0 saturated heterocycles. The standard InChI is InChI=1S/C4H5N3O2.Pb/c5-4-6-2(8)1-3(9)7-4;/h1H,(H4,5,6,7,8,9);. The van der Waals surface area contributed by atoms with Gasteiger partial charge in [0.1, 0.15) is 0 Å². The molecule has 1 aromatic heterocycles. The van der Waals surface area contributed by atoms with Crippen LogP contribution in [0.15, 0.2) is 10.9 Å². The summed E-state index contributed by atoms with van der Waals surface area (Å²) in [5, 5.41) is 8.58. The van der Waals surface area contributed by atoms with E-state index in [9.17, 15) is 4.79 Å². The Morgan fingerprint density at radius 2 is 2.30 bits per heavy atom. The fraction of sp³-hybridized carbons (Fsp3) is 0. The first-order valence-corrected chi connectivity index (χ1v) is 2.24. The average Bonchev–Trinajstić information content (AvgIpc) is 1.59. The van der Waals surface area contributed by atoms with E-state index in [0.29, 0.717) is 0 Å². The molecule has 6 heteroatoms. The van der Waals surface area contributed by atoms with Crippen LogP contribution in [0, 0.1) is 0 Å². The van der Waals surface area contributed by atoms with Crippen LogP contribution in [0.25, 0.3) is 0 Å². The number of nitrogens with one attached hydrogen (secondary N) is 1. The van der Waals surface area contributed by atoms with Crippen molar-refractivity contribution in [3.63, 3.8) is 0 Å². The van der Waals surface area contributed by atoms with Gasteiger partial charge in [0.2, 0.25) is 11.8 Å². The van der Waals surface area contributed by atoms with Crippen molar-refractivity contribution in [2.24, 2.45) is 0 Å². The van der Waals surface area contributed by atoms with Crippen molar-refractivity contribution < 1.29 is 5.11 Å². The fourth-order valence-electron chi connectivity index (χ4n) is 0.463. The van der Waals surface area contributed by atoms with Crippen molar-refractivity contribution in [1.29, 1.82) is 0 Å². The van der Waals surface area contributed by atoms with Crippen molar-refractivity contribution in [2.75, 3.05) is 5.73 Å². The van der Waals surface area contributed by atoms with E-state index in [1.54, 1.807) is 0 Å². The molecule has 0 atom stereocenters. The van der Waals surface area contributed by atoms with E-state index in [1.807, 2.05) is 0 Å². The van der Waals surface area contributed by atoms with Gasteiger partial charge in [0.15, 0.2) is 0 Å². The molecule has 0 spiro atoms. The SMILES string of the molecule is Nc1nc(O)cc(=O)[nH]1.[Pb]. The molecular weight excluding hydrogens is 329 g/mol. The van der Waals surface area contributed by atoms with Crippen molar-refractivity contribution in [2.45, 2.75) is 0 Å². The molecule has 4 radical (unpaired) electrons. The molecule has 4 N–H and O–H groups in total. The summed E-state index contributed by atoms with van der Waals surface area (Å²) in [5.74, 6) is -0.448. The second-order valence-corrected chi connectivity index (χ2v) is 1.49. The van der Waals surface area contributed by atoms with Crippen molar-refractivity contribution in [1.82, 2.24) is 9.97 Å². The van der Waals surface area contributed by atoms with Crippen LogP contribution in [-0.4, -0.2) is 42.4 Å². The molecule has 1 rings (SSSR count). The van der Waals surface area contributed by atoms with E-state index >= 15 is 0 Å². The Balaban J connectivity index is 0.000000810. The molecule has 0 aromatic carbocycles. The largest absolute Gasteiger partial charge is 0.493 e. The summed E-state index contributed by atoms with van der Waals surface area (Å²) in [6.45, 7) is 0. The Morgan fingerprint density at radius 1 is 1.70 bits per heavy atom. The van der Waals surface area contributed by atoms with Crippen LogP contribution in [0.3, 0.4) is 0 Å². The number of hydrogen-bond donors (Lipinski definition) is 3.